The van der Waals surface area contributed by atoms with Gasteiger partial charge in [-0.15, -0.1) is 0 Å². The number of rotatable bonds is 6. The number of carbonyl (C=O) groups is 1. The Morgan fingerprint density at radius 3 is 2.41 bits per heavy atom. The van der Waals surface area contributed by atoms with Gasteiger partial charge in [-0.05, 0) is 24.6 Å². The topological polar surface area (TPSA) is 38.3 Å². The third kappa shape index (κ3) is 4.34. The van der Waals surface area contributed by atoms with Gasteiger partial charge in [0.2, 0.25) is 5.91 Å². The SMILES string of the molecule is CCOc1ccccc1NC(=O)[C@H](Br)[C@H](Br)c1ccccc1. The van der Waals surface area contributed by atoms with Crippen molar-refractivity contribution in [3.05, 3.63) is 60.2 Å². The number of hydrogen-bond acceptors (Lipinski definition) is 2. The summed E-state index contributed by atoms with van der Waals surface area (Å²) in [4.78, 5) is 11.9. The van der Waals surface area contributed by atoms with Gasteiger partial charge in [0.25, 0.3) is 0 Å². The van der Waals surface area contributed by atoms with Crippen molar-refractivity contribution in [2.45, 2.75) is 16.6 Å². The molecule has 0 aromatic heterocycles. The van der Waals surface area contributed by atoms with E-state index in [4.69, 9.17) is 4.74 Å². The lowest BCUT2D eigenvalue weighted by molar-refractivity contribution is -0.115. The Balaban J connectivity index is 2.09. The number of hydrogen-bond donors (Lipinski definition) is 1. The fraction of sp³-hybridized carbons (Fsp3) is 0.235. The first-order valence-corrected chi connectivity index (χ1v) is 8.82. The van der Waals surface area contributed by atoms with Crippen LogP contribution in [0.3, 0.4) is 0 Å². The number of alkyl halides is 2. The molecule has 0 saturated heterocycles. The third-order valence-electron chi connectivity index (χ3n) is 3.07. The smallest absolute Gasteiger partial charge is 0.239 e. The molecule has 0 fully saturated rings. The molecule has 3 nitrogen and oxygen atoms in total. The van der Waals surface area contributed by atoms with E-state index >= 15 is 0 Å². The number of para-hydroxylation sites is 2. The molecule has 0 spiro atoms. The van der Waals surface area contributed by atoms with E-state index in [-0.39, 0.29) is 10.7 Å². The minimum atomic E-state index is -0.399. The minimum absolute atomic E-state index is 0.118. The first kappa shape index (κ1) is 17.0. The van der Waals surface area contributed by atoms with E-state index in [2.05, 4.69) is 37.2 Å². The molecule has 0 radical (unpaired) electrons. The monoisotopic (exact) mass is 425 g/mol. The standard InChI is InChI=1S/C17H17Br2NO2/c1-2-22-14-11-7-6-10-13(14)20-17(21)16(19)15(18)12-8-4-3-5-9-12/h3-11,15-16H,2H2,1H3,(H,20,21)/t15-,16-/m1/s1. The zero-order chi connectivity index (χ0) is 15.9. The minimum Gasteiger partial charge on any atom is -0.492 e. The molecular formula is C17H17Br2NO2. The lowest BCUT2D eigenvalue weighted by atomic mass is 10.1. The normalized spacial score (nSPS) is 13.2. The number of amides is 1. The number of carbonyl (C=O) groups excluding carboxylic acids is 1. The van der Waals surface area contributed by atoms with Crippen LogP contribution >= 0.6 is 31.9 Å². The summed E-state index contributed by atoms with van der Waals surface area (Å²) in [5.41, 5.74) is 1.71. The van der Waals surface area contributed by atoms with Gasteiger partial charge in [-0.3, -0.25) is 4.79 Å². The van der Waals surface area contributed by atoms with E-state index in [0.29, 0.717) is 18.0 Å². The molecule has 0 bridgehead atoms. The molecule has 0 unspecified atom stereocenters. The third-order valence-corrected chi connectivity index (χ3v) is 5.78. The second kappa shape index (κ2) is 8.34. The van der Waals surface area contributed by atoms with Crippen LogP contribution in [0.1, 0.15) is 17.3 Å². The molecule has 1 amide bonds. The number of ether oxygens (including phenoxy) is 1. The van der Waals surface area contributed by atoms with Crippen LogP contribution in [0.25, 0.3) is 0 Å². The van der Waals surface area contributed by atoms with E-state index < -0.39 is 4.83 Å². The summed E-state index contributed by atoms with van der Waals surface area (Å²) in [6, 6.07) is 17.2. The van der Waals surface area contributed by atoms with Gasteiger partial charge in [0, 0.05) is 0 Å². The van der Waals surface area contributed by atoms with Gasteiger partial charge in [-0.1, -0.05) is 74.3 Å². The maximum Gasteiger partial charge on any atom is 0.239 e. The molecular weight excluding hydrogens is 410 g/mol. The van der Waals surface area contributed by atoms with Crippen LogP contribution in [0, 0.1) is 0 Å². The zero-order valence-electron chi connectivity index (χ0n) is 12.1. The fourth-order valence-corrected chi connectivity index (χ4v) is 2.96. The van der Waals surface area contributed by atoms with E-state index in [0.717, 1.165) is 5.56 Å². The maximum absolute atomic E-state index is 12.4. The summed E-state index contributed by atoms with van der Waals surface area (Å²) in [5, 5.41) is 2.90. The number of nitrogens with one attached hydrogen (secondary N) is 1. The average Bonchev–Trinajstić information content (AvgIpc) is 2.56. The number of halogens is 2. The van der Waals surface area contributed by atoms with Gasteiger partial charge in [-0.25, -0.2) is 0 Å². The molecule has 0 heterocycles. The second-order valence-corrected chi connectivity index (χ2v) is 6.61. The summed E-state index contributed by atoms with van der Waals surface area (Å²) in [7, 11) is 0. The van der Waals surface area contributed by atoms with Gasteiger partial charge in [-0.2, -0.15) is 0 Å². The van der Waals surface area contributed by atoms with E-state index in [1.165, 1.54) is 0 Å². The molecule has 2 aromatic carbocycles. The Morgan fingerprint density at radius 1 is 1.09 bits per heavy atom. The maximum atomic E-state index is 12.4. The molecule has 2 atom stereocenters. The molecule has 0 aliphatic rings. The van der Waals surface area contributed by atoms with Crippen molar-refractivity contribution in [2.24, 2.45) is 0 Å². The van der Waals surface area contributed by atoms with Crippen LogP contribution in [0.15, 0.2) is 54.6 Å². The Hall–Kier alpha value is -1.33. The summed E-state index contributed by atoms with van der Waals surface area (Å²) in [5.74, 6) is 0.543. The van der Waals surface area contributed by atoms with Crippen molar-refractivity contribution in [1.29, 1.82) is 0 Å². The van der Waals surface area contributed by atoms with Crippen molar-refractivity contribution < 1.29 is 9.53 Å². The van der Waals surface area contributed by atoms with Gasteiger partial charge < -0.3 is 10.1 Å². The van der Waals surface area contributed by atoms with Crippen LogP contribution in [0.4, 0.5) is 5.69 Å². The largest absolute Gasteiger partial charge is 0.492 e. The summed E-state index contributed by atoms with van der Waals surface area (Å²) >= 11 is 7.04. The quantitative estimate of drug-likeness (QED) is 0.665. The Morgan fingerprint density at radius 2 is 1.73 bits per heavy atom. The molecule has 0 saturated carbocycles. The molecule has 22 heavy (non-hydrogen) atoms. The molecule has 0 aliphatic carbocycles. The van der Waals surface area contributed by atoms with Gasteiger partial charge in [0.05, 0.1) is 17.1 Å². The molecule has 2 rings (SSSR count). The fourth-order valence-electron chi connectivity index (χ4n) is 1.99. The molecule has 0 aliphatic heterocycles. The summed E-state index contributed by atoms with van der Waals surface area (Å²) in [6.07, 6.45) is 0. The highest BCUT2D eigenvalue weighted by atomic mass is 79.9. The van der Waals surface area contributed by atoms with Crippen molar-refractivity contribution in [3.8, 4) is 5.75 Å². The lowest BCUT2D eigenvalue weighted by Gasteiger charge is -2.18. The Bertz CT molecular complexity index is 619. The highest BCUT2D eigenvalue weighted by Crippen LogP contribution is 2.32. The van der Waals surface area contributed by atoms with Crippen molar-refractivity contribution in [2.75, 3.05) is 11.9 Å². The predicted octanol–water partition coefficient (Wildman–Crippen LogP) is 4.92. The summed E-state index contributed by atoms with van der Waals surface area (Å²) < 4.78 is 5.52. The van der Waals surface area contributed by atoms with Crippen molar-refractivity contribution >= 4 is 43.5 Å². The molecule has 2 aromatic rings. The van der Waals surface area contributed by atoms with Crippen molar-refractivity contribution in [1.82, 2.24) is 0 Å². The summed E-state index contributed by atoms with van der Waals surface area (Å²) in [6.45, 7) is 2.46. The first-order chi connectivity index (χ1) is 10.6. The Kier molecular flexibility index (Phi) is 6.46. The van der Waals surface area contributed by atoms with Crippen LogP contribution in [-0.4, -0.2) is 17.3 Å². The van der Waals surface area contributed by atoms with Gasteiger partial charge in [0.1, 0.15) is 10.6 Å². The van der Waals surface area contributed by atoms with E-state index in [1.807, 2.05) is 61.5 Å². The lowest BCUT2D eigenvalue weighted by Crippen LogP contribution is -2.26. The zero-order valence-corrected chi connectivity index (χ0v) is 15.3. The highest BCUT2D eigenvalue weighted by molar-refractivity contribution is 9.12. The molecule has 116 valence electrons. The molecule has 1 N–H and O–H groups in total. The van der Waals surface area contributed by atoms with Crippen molar-refractivity contribution in [3.63, 3.8) is 0 Å². The van der Waals surface area contributed by atoms with E-state index in [9.17, 15) is 4.79 Å². The highest BCUT2D eigenvalue weighted by Gasteiger charge is 2.25. The van der Waals surface area contributed by atoms with Gasteiger partial charge in [0.15, 0.2) is 0 Å². The molecule has 5 heteroatoms. The first-order valence-electron chi connectivity index (χ1n) is 6.99. The van der Waals surface area contributed by atoms with Gasteiger partial charge >= 0.3 is 0 Å². The average molecular weight is 427 g/mol. The van der Waals surface area contributed by atoms with Crippen LogP contribution in [0.5, 0.6) is 5.75 Å². The van der Waals surface area contributed by atoms with Crippen LogP contribution in [0.2, 0.25) is 0 Å². The number of benzene rings is 2. The number of anilines is 1. The van der Waals surface area contributed by atoms with Crippen LogP contribution in [-0.2, 0) is 4.79 Å². The van der Waals surface area contributed by atoms with Crippen LogP contribution < -0.4 is 10.1 Å². The Labute approximate surface area is 147 Å². The van der Waals surface area contributed by atoms with E-state index in [1.54, 1.807) is 0 Å². The second-order valence-electron chi connectivity index (χ2n) is 4.63. The predicted molar refractivity (Wildman–Crippen MR) is 97.1 cm³/mol.